The first-order valence-electron chi connectivity index (χ1n) is 18.7. The van der Waals surface area contributed by atoms with Crippen molar-refractivity contribution in [3.8, 4) is 11.1 Å². The summed E-state index contributed by atoms with van der Waals surface area (Å²) >= 11 is 0. The maximum absolute atomic E-state index is 15.0. The van der Waals surface area contributed by atoms with E-state index in [0.29, 0.717) is 12.1 Å². The third kappa shape index (κ3) is 17.3. The molecular weight excluding hydrogens is 778 g/mol. The molecule has 11 N–H and O–H groups in total. The van der Waals surface area contributed by atoms with E-state index in [4.69, 9.17) is 21.1 Å². The second-order valence-electron chi connectivity index (χ2n) is 14.6. The number of primary amides is 1. The summed E-state index contributed by atoms with van der Waals surface area (Å²) < 4.78 is 31.2. The Morgan fingerprint density at radius 2 is 1.46 bits per heavy atom. The van der Waals surface area contributed by atoms with Crippen LogP contribution in [0.25, 0.3) is 11.1 Å². The van der Waals surface area contributed by atoms with Crippen molar-refractivity contribution >= 4 is 35.6 Å². The van der Waals surface area contributed by atoms with Crippen molar-refractivity contribution in [1.82, 2.24) is 25.8 Å². The van der Waals surface area contributed by atoms with Gasteiger partial charge in [0.05, 0.1) is 31.7 Å². The van der Waals surface area contributed by atoms with Gasteiger partial charge in [-0.25, -0.2) is 13.6 Å². The number of aliphatic hydroxyl groups excluding tert-OH is 2. The summed E-state index contributed by atoms with van der Waals surface area (Å²) in [4.78, 5) is 71.8. The molecule has 0 aliphatic heterocycles. The number of nitrogens with two attached hydrogens (primary N) is 1. The number of rotatable bonds is 23. The van der Waals surface area contributed by atoms with Crippen LogP contribution in [0.15, 0.2) is 60.8 Å². The van der Waals surface area contributed by atoms with Crippen LogP contribution in [0, 0.1) is 17.0 Å². The van der Waals surface area contributed by atoms with Gasteiger partial charge in [0.1, 0.15) is 23.7 Å². The lowest BCUT2D eigenvalue weighted by molar-refractivity contribution is -0.143. The van der Waals surface area contributed by atoms with E-state index in [1.54, 1.807) is 12.3 Å². The number of carboxylic acids is 3. The molecule has 4 atom stereocenters. The minimum absolute atomic E-state index is 0.0335. The Hall–Kier alpha value is -5.76. The summed E-state index contributed by atoms with van der Waals surface area (Å²) in [6.07, 6.45) is -0.148. The van der Waals surface area contributed by atoms with E-state index < -0.39 is 89.7 Å². The van der Waals surface area contributed by atoms with E-state index in [9.17, 15) is 47.8 Å². The number of amides is 3. The Morgan fingerprint density at radius 1 is 0.814 bits per heavy atom. The zero-order valence-corrected chi connectivity index (χ0v) is 33.1. The van der Waals surface area contributed by atoms with Gasteiger partial charge in [-0.3, -0.25) is 29.3 Å². The molecule has 2 aromatic carbocycles. The Labute approximate surface area is 340 Å². The lowest BCUT2D eigenvalue weighted by Gasteiger charge is -2.33. The molecule has 0 radical (unpaired) electrons. The van der Waals surface area contributed by atoms with Gasteiger partial charge in [0, 0.05) is 48.9 Å². The average Bonchev–Trinajstić information content (AvgIpc) is 3.56. The Kier molecular flexibility index (Phi) is 20.3. The first-order chi connectivity index (χ1) is 27.8. The second-order valence-corrected chi connectivity index (χ2v) is 14.6. The van der Waals surface area contributed by atoms with E-state index in [2.05, 4.69) is 21.3 Å². The zero-order chi connectivity index (χ0) is 44.3. The van der Waals surface area contributed by atoms with Crippen molar-refractivity contribution in [2.24, 2.45) is 11.1 Å². The highest BCUT2D eigenvalue weighted by Gasteiger charge is 2.32. The van der Waals surface area contributed by atoms with Crippen LogP contribution in [-0.2, 0) is 35.3 Å². The summed E-state index contributed by atoms with van der Waals surface area (Å²) in [7, 11) is 0. The van der Waals surface area contributed by atoms with Gasteiger partial charge in [-0.15, -0.1) is 0 Å². The summed E-state index contributed by atoms with van der Waals surface area (Å²) in [5, 5.41) is 54.0. The topological polar surface area (TPSA) is 283 Å². The lowest BCUT2D eigenvalue weighted by Crippen LogP contribution is -2.53. The number of aliphatic carboxylic acids is 3. The van der Waals surface area contributed by atoms with E-state index in [0.717, 1.165) is 29.5 Å². The second kappa shape index (κ2) is 24.2. The predicted molar refractivity (Wildman–Crippen MR) is 211 cm³/mol. The number of carboxylic acid groups (broad SMARTS) is 3. The van der Waals surface area contributed by atoms with Gasteiger partial charge in [-0.1, -0.05) is 51.1 Å². The number of carbonyl (C=O) groups excluding carboxylic acids is 3. The molecule has 3 amide bonds. The number of nitrogens with zero attached hydrogens (tertiary/aromatic N) is 1. The molecule has 0 aliphatic rings. The minimum Gasteiger partial charge on any atom is -0.481 e. The molecule has 0 spiro atoms. The van der Waals surface area contributed by atoms with Crippen molar-refractivity contribution in [2.75, 3.05) is 26.3 Å². The molecule has 0 unspecified atom stereocenters. The summed E-state index contributed by atoms with van der Waals surface area (Å²) in [6.45, 7) is 5.84. The molecule has 3 aromatic rings. The molecule has 17 nitrogen and oxygen atoms in total. The minimum atomic E-state index is -1.53. The highest BCUT2D eigenvalue weighted by atomic mass is 19.1. The molecule has 59 heavy (non-hydrogen) atoms. The number of hydrogen-bond acceptors (Lipinski definition) is 10. The molecular formula is C40H54F2N6O11. The van der Waals surface area contributed by atoms with Crippen LogP contribution in [0.4, 0.5) is 8.78 Å². The van der Waals surface area contributed by atoms with E-state index >= 15 is 0 Å². The standard InChI is InChI=1S/C38H48F2N6O9.C2H6O2/c1-38(2,3)34(30-17-23(25-18-24(39)9-10-26(25)40)21-46(30)20-22-7-5-4-6-8-22)42-15-13-27(44-29(37(54)55)19-31(41)47)35(51)43-16-14-32(48)45-28(36(52)53)11-12-33(49)50;3-1-2-4/h4-10,17-18,21,27-29,34,42,44H,11-16,19-20H2,1-3H3,(H2,41,47)(H,43,51)(H,45,48)(H,49,50)(H,52,53)(H,54,55);3-4H,1-2H2/t27-,28+,29-,34-;/m0./s1. The van der Waals surface area contributed by atoms with Crippen LogP contribution in [0.3, 0.4) is 0 Å². The van der Waals surface area contributed by atoms with Gasteiger partial charge in [0.2, 0.25) is 17.7 Å². The fraction of sp³-hybridized carbons (Fsp3) is 0.450. The zero-order valence-electron chi connectivity index (χ0n) is 33.1. The number of aromatic nitrogens is 1. The number of aliphatic hydroxyl groups is 2. The third-order valence-electron chi connectivity index (χ3n) is 8.76. The number of hydrogen-bond donors (Lipinski definition) is 10. The van der Waals surface area contributed by atoms with Gasteiger partial charge < -0.3 is 51.8 Å². The van der Waals surface area contributed by atoms with Crippen LogP contribution in [0.5, 0.6) is 0 Å². The largest absolute Gasteiger partial charge is 0.481 e. The SMILES string of the molecule is CC(C)(C)[C@@H](NCC[C@H](N[C@@H](CC(N)=O)C(=O)O)C(=O)NCCC(=O)N[C@H](CCC(=O)O)C(=O)O)c1cc(-c2cc(F)ccc2F)cn1Cc1ccccc1.OCCO. The molecule has 0 fully saturated rings. The quantitative estimate of drug-likeness (QED) is 0.0653. The molecule has 0 saturated heterocycles. The van der Waals surface area contributed by atoms with Crippen molar-refractivity contribution in [1.29, 1.82) is 0 Å². The van der Waals surface area contributed by atoms with Crippen LogP contribution in [0.1, 0.15) is 70.2 Å². The van der Waals surface area contributed by atoms with Crippen molar-refractivity contribution in [3.05, 3.63) is 83.7 Å². The molecule has 3 rings (SSSR count). The van der Waals surface area contributed by atoms with Crippen molar-refractivity contribution in [2.45, 2.75) is 83.6 Å². The highest BCUT2D eigenvalue weighted by molar-refractivity contribution is 5.87. The molecule has 1 aromatic heterocycles. The summed E-state index contributed by atoms with van der Waals surface area (Å²) in [5.41, 5.74) is 6.93. The van der Waals surface area contributed by atoms with Crippen molar-refractivity contribution < 1.29 is 63.1 Å². The number of halogens is 2. The molecule has 0 saturated carbocycles. The highest BCUT2D eigenvalue weighted by Crippen LogP contribution is 2.37. The smallest absolute Gasteiger partial charge is 0.326 e. The molecule has 324 valence electrons. The van der Waals surface area contributed by atoms with Crippen LogP contribution >= 0.6 is 0 Å². The van der Waals surface area contributed by atoms with Gasteiger partial charge in [-0.05, 0) is 54.6 Å². The van der Waals surface area contributed by atoms with Gasteiger partial charge in [-0.2, -0.15) is 0 Å². The van der Waals surface area contributed by atoms with E-state index in [1.807, 2.05) is 55.7 Å². The van der Waals surface area contributed by atoms with Crippen LogP contribution in [0.2, 0.25) is 0 Å². The van der Waals surface area contributed by atoms with E-state index in [1.165, 1.54) is 0 Å². The monoisotopic (exact) mass is 832 g/mol. The number of carbonyl (C=O) groups is 6. The molecule has 0 aliphatic carbocycles. The van der Waals surface area contributed by atoms with Gasteiger partial charge >= 0.3 is 17.9 Å². The van der Waals surface area contributed by atoms with Crippen molar-refractivity contribution in [3.63, 3.8) is 0 Å². The predicted octanol–water partition coefficient (Wildman–Crippen LogP) is 1.75. The first kappa shape index (κ1) is 49.4. The Morgan fingerprint density at radius 3 is 2.02 bits per heavy atom. The third-order valence-corrected chi connectivity index (χ3v) is 8.76. The normalized spacial score (nSPS) is 13.2. The Balaban J connectivity index is 0.00000286. The molecule has 0 bridgehead atoms. The molecule has 1 heterocycles. The fourth-order valence-corrected chi connectivity index (χ4v) is 5.95. The maximum Gasteiger partial charge on any atom is 0.326 e. The molecule has 19 heteroatoms. The Bertz CT molecular complexity index is 1870. The van der Waals surface area contributed by atoms with E-state index in [-0.39, 0.29) is 51.1 Å². The first-order valence-corrected chi connectivity index (χ1v) is 18.7. The maximum atomic E-state index is 15.0. The number of benzene rings is 2. The summed E-state index contributed by atoms with van der Waals surface area (Å²) in [5.74, 6) is -7.74. The lowest BCUT2D eigenvalue weighted by atomic mass is 9.84. The fourth-order valence-electron chi connectivity index (χ4n) is 5.95. The van der Waals surface area contributed by atoms with Gasteiger partial charge in [0.25, 0.3) is 0 Å². The van der Waals surface area contributed by atoms with Crippen LogP contribution in [-0.4, -0.2) is 110 Å². The number of nitrogens with one attached hydrogen (secondary N) is 4. The average molecular weight is 833 g/mol. The van der Waals surface area contributed by atoms with Gasteiger partial charge in [0.15, 0.2) is 0 Å². The summed E-state index contributed by atoms with van der Waals surface area (Å²) in [6, 6.07) is 9.79. The van der Waals surface area contributed by atoms with Crippen LogP contribution < -0.4 is 27.0 Å².